The highest BCUT2D eigenvalue weighted by Gasteiger charge is 2.31. The summed E-state index contributed by atoms with van der Waals surface area (Å²) in [5.41, 5.74) is 3.64. The van der Waals surface area contributed by atoms with Gasteiger partial charge in [0.1, 0.15) is 0 Å². The minimum absolute atomic E-state index is 0.00762. The molecule has 4 rings (SSSR count). The second-order valence-electron chi connectivity index (χ2n) is 6.74. The molecule has 1 fully saturated rings. The quantitative estimate of drug-likeness (QED) is 0.829. The molecule has 2 aromatic carbocycles. The molecule has 26 heavy (non-hydrogen) atoms. The number of urea groups is 1. The van der Waals surface area contributed by atoms with Gasteiger partial charge in [0.25, 0.3) is 0 Å². The standard InChI is InChI=1S/C19H21N3O3S/c1-26(24,25)22-10-9-16-13-17(7-8-18(16)22)21-12-11-20(19(21)23)14-15-5-3-2-4-6-15/h2-8,13H,9-12,14H2,1H3. The molecule has 2 aliphatic rings. The second kappa shape index (κ2) is 6.32. The molecule has 1 saturated heterocycles. The van der Waals surface area contributed by atoms with E-state index in [1.54, 1.807) is 4.90 Å². The van der Waals surface area contributed by atoms with Crippen LogP contribution in [0.1, 0.15) is 11.1 Å². The Morgan fingerprint density at radius 3 is 2.50 bits per heavy atom. The van der Waals surface area contributed by atoms with Crippen molar-refractivity contribution in [2.24, 2.45) is 0 Å². The smallest absolute Gasteiger partial charge is 0.318 e. The van der Waals surface area contributed by atoms with Gasteiger partial charge >= 0.3 is 6.03 Å². The number of hydrogen-bond acceptors (Lipinski definition) is 3. The van der Waals surface area contributed by atoms with Gasteiger partial charge in [-0.3, -0.25) is 9.21 Å². The van der Waals surface area contributed by atoms with E-state index in [1.807, 2.05) is 53.4 Å². The Balaban J connectivity index is 1.53. The van der Waals surface area contributed by atoms with Crippen molar-refractivity contribution in [3.63, 3.8) is 0 Å². The van der Waals surface area contributed by atoms with E-state index in [4.69, 9.17) is 0 Å². The van der Waals surface area contributed by atoms with Gasteiger partial charge in [0, 0.05) is 31.9 Å². The normalized spacial score (nSPS) is 17.1. The molecular formula is C19H21N3O3S. The molecule has 2 amide bonds. The third-order valence-corrected chi connectivity index (χ3v) is 6.12. The van der Waals surface area contributed by atoms with Gasteiger partial charge in [0.15, 0.2) is 0 Å². The lowest BCUT2D eigenvalue weighted by Crippen LogP contribution is -2.31. The lowest BCUT2D eigenvalue weighted by molar-refractivity contribution is 0.219. The number of rotatable bonds is 4. The summed E-state index contributed by atoms with van der Waals surface area (Å²) >= 11 is 0. The van der Waals surface area contributed by atoms with Gasteiger partial charge in [-0.2, -0.15) is 0 Å². The minimum Gasteiger partial charge on any atom is -0.318 e. The molecule has 0 saturated carbocycles. The van der Waals surface area contributed by atoms with Crippen molar-refractivity contribution in [1.82, 2.24) is 4.90 Å². The van der Waals surface area contributed by atoms with Crippen molar-refractivity contribution < 1.29 is 13.2 Å². The van der Waals surface area contributed by atoms with Crippen molar-refractivity contribution in [3.05, 3.63) is 59.7 Å². The number of sulfonamides is 1. The second-order valence-corrected chi connectivity index (χ2v) is 8.65. The number of carbonyl (C=O) groups is 1. The van der Waals surface area contributed by atoms with Gasteiger partial charge < -0.3 is 4.90 Å². The molecule has 2 aliphatic heterocycles. The summed E-state index contributed by atoms with van der Waals surface area (Å²) in [6.45, 7) is 2.38. The maximum absolute atomic E-state index is 12.8. The van der Waals surface area contributed by atoms with Crippen LogP contribution >= 0.6 is 0 Å². The average molecular weight is 371 g/mol. The van der Waals surface area contributed by atoms with Crippen LogP contribution in [-0.2, 0) is 23.0 Å². The minimum atomic E-state index is -3.26. The molecule has 0 atom stereocenters. The number of amides is 2. The third-order valence-electron chi connectivity index (χ3n) is 4.94. The number of benzene rings is 2. The van der Waals surface area contributed by atoms with Gasteiger partial charge in [0.2, 0.25) is 10.0 Å². The van der Waals surface area contributed by atoms with Crippen molar-refractivity contribution in [2.75, 3.05) is 35.1 Å². The van der Waals surface area contributed by atoms with Crippen molar-refractivity contribution in [2.45, 2.75) is 13.0 Å². The highest BCUT2D eigenvalue weighted by atomic mass is 32.2. The van der Waals surface area contributed by atoms with E-state index in [-0.39, 0.29) is 6.03 Å². The molecule has 0 aliphatic carbocycles. The van der Waals surface area contributed by atoms with E-state index in [0.717, 1.165) is 22.5 Å². The van der Waals surface area contributed by atoms with E-state index >= 15 is 0 Å². The van der Waals surface area contributed by atoms with E-state index in [0.29, 0.717) is 32.6 Å². The SMILES string of the molecule is CS(=O)(=O)N1CCc2cc(N3CCN(Cc4ccccc4)C3=O)ccc21. The van der Waals surface area contributed by atoms with Crippen LogP contribution in [0.25, 0.3) is 0 Å². The highest BCUT2D eigenvalue weighted by molar-refractivity contribution is 7.92. The molecule has 6 nitrogen and oxygen atoms in total. The first-order valence-corrected chi connectivity index (χ1v) is 10.5. The molecule has 2 heterocycles. The Morgan fingerprint density at radius 2 is 1.77 bits per heavy atom. The monoisotopic (exact) mass is 371 g/mol. The molecule has 0 bridgehead atoms. The predicted octanol–water partition coefficient (Wildman–Crippen LogP) is 2.45. The maximum atomic E-state index is 12.8. The number of fused-ring (bicyclic) bond motifs is 1. The van der Waals surface area contributed by atoms with E-state index in [2.05, 4.69) is 0 Å². The maximum Gasteiger partial charge on any atom is 0.324 e. The first-order chi connectivity index (χ1) is 12.4. The van der Waals surface area contributed by atoms with Crippen LogP contribution in [0.3, 0.4) is 0 Å². The van der Waals surface area contributed by atoms with E-state index in [9.17, 15) is 13.2 Å². The van der Waals surface area contributed by atoms with Crippen LogP contribution in [0, 0.1) is 0 Å². The Hall–Kier alpha value is -2.54. The topological polar surface area (TPSA) is 60.9 Å². The van der Waals surface area contributed by atoms with Crippen molar-refractivity contribution in [3.8, 4) is 0 Å². The summed E-state index contributed by atoms with van der Waals surface area (Å²) in [6.07, 6.45) is 1.90. The molecule has 0 spiro atoms. The zero-order valence-corrected chi connectivity index (χ0v) is 15.4. The van der Waals surface area contributed by atoms with Crippen LogP contribution in [0.4, 0.5) is 16.2 Å². The Morgan fingerprint density at radius 1 is 1.00 bits per heavy atom. The fraction of sp³-hybridized carbons (Fsp3) is 0.316. The zero-order chi connectivity index (χ0) is 18.3. The van der Waals surface area contributed by atoms with Crippen LogP contribution < -0.4 is 9.21 Å². The van der Waals surface area contributed by atoms with E-state index in [1.165, 1.54) is 10.6 Å². The molecule has 0 unspecified atom stereocenters. The van der Waals surface area contributed by atoms with Gasteiger partial charge in [-0.15, -0.1) is 0 Å². The summed E-state index contributed by atoms with van der Waals surface area (Å²) < 4.78 is 25.2. The summed E-state index contributed by atoms with van der Waals surface area (Å²) in [6, 6.07) is 15.5. The first kappa shape index (κ1) is 16.9. The van der Waals surface area contributed by atoms with Gasteiger partial charge in [-0.05, 0) is 35.7 Å². The Labute approximate surface area is 153 Å². The van der Waals surface area contributed by atoms with Gasteiger partial charge in [-0.25, -0.2) is 13.2 Å². The number of anilines is 2. The molecule has 0 radical (unpaired) electrons. The number of carbonyl (C=O) groups excluding carboxylic acids is 1. The van der Waals surface area contributed by atoms with Crippen LogP contribution in [-0.4, -0.2) is 45.2 Å². The molecule has 7 heteroatoms. The number of nitrogens with zero attached hydrogens (tertiary/aromatic N) is 3. The van der Waals surface area contributed by atoms with Crippen LogP contribution in [0.15, 0.2) is 48.5 Å². The average Bonchev–Trinajstić information content (AvgIpc) is 3.19. The van der Waals surface area contributed by atoms with Gasteiger partial charge in [0.05, 0.1) is 11.9 Å². The molecule has 136 valence electrons. The highest BCUT2D eigenvalue weighted by Crippen LogP contribution is 2.34. The fourth-order valence-electron chi connectivity index (χ4n) is 3.64. The molecular weight excluding hydrogens is 350 g/mol. The summed E-state index contributed by atoms with van der Waals surface area (Å²) in [4.78, 5) is 16.4. The fourth-order valence-corrected chi connectivity index (χ4v) is 4.60. The lowest BCUT2D eigenvalue weighted by atomic mass is 10.1. The lowest BCUT2D eigenvalue weighted by Gasteiger charge is -2.20. The molecule has 0 N–H and O–H groups in total. The summed E-state index contributed by atoms with van der Waals surface area (Å²) in [5, 5.41) is 0. The molecule has 0 aromatic heterocycles. The van der Waals surface area contributed by atoms with E-state index < -0.39 is 10.0 Å². The Bertz CT molecular complexity index is 944. The van der Waals surface area contributed by atoms with Crippen molar-refractivity contribution in [1.29, 1.82) is 0 Å². The Kier molecular flexibility index (Phi) is 4.11. The predicted molar refractivity (Wildman–Crippen MR) is 102 cm³/mol. The number of hydrogen-bond donors (Lipinski definition) is 0. The molecule has 2 aromatic rings. The van der Waals surface area contributed by atoms with Crippen LogP contribution in [0.2, 0.25) is 0 Å². The van der Waals surface area contributed by atoms with Crippen molar-refractivity contribution >= 4 is 27.4 Å². The first-order valence-electron chi connectivity index (χ1n) is 8.64. The van der Waals surface area contributed by atoms with Crippen LogP contribution in [0.5, 0.6) is 0 Å². The summed E-state index contributed by atoms with van der Waals surface area (Å²) in [5.74, 6) is 0. The summed E-state index contributed by atoms with van der Waals surface area (Å²) in [7, 11) is -3.26. The van der Waals surface area contributed by atoms with Gasteiger partial charge in [-0.1, -0.05) is 30.3 Å². The zero-order valence-electron chi connectivity index (χ0n) is 14.6. The largest absolute Gasteiger partial charge is 0.324 e. The third kappa shape index (κ3) is 3.03.